The Balaban J connectivity index is 1.54. The second kappa shape index (κ2) is 9.26. The number of aromatic nitrogens is 1. The van der Waals surface area contributed by atoms with Crippen molar-refractivity contribution in [2.45, 2.75) is 50.5 Å². The first-order valence-electron chi connectivity index (χ1n) is 10.9. The van der Waals surface area contributed by atoms with Crippen LogP contribution in [-0.2, 0) is 10.0 Å². The maximum absolute atomic E-state index is 13.1. The van der Waals surface area contributed by atoms with E-state index in [1.165, 1.54) is 0 Å². The van der Waals surface area contributed by atoms with Crippen LogP contribution in [0.2, 0.25) is 0 Å². The molecule has 1 N–H and O–H groups in total. The number of piperidine rings is 1. The predicted molar refractivity (Wildman–Crippen MR) is 123 cm³/mol. The van der Waals surface area contributed by atoms with Gasteiger partial charge in [0.05, 0.1) is 4.90 Å². The van der Waals surface area contributed by atoms with E-state index in [-0.39, 0.29) is 16.8 Å². The highest BCUT2D eigenvalue weighted by atomic mass is 32.2. The third kappa shape index (κ3) is 4.33. The third-order valence-electron chi connectivity index (χ3n) is 5.90. The molecule has 1 aliphatic heterocycles. The minimum atomic E-state index is -3.57. The van der Waals surface area contributed by atoms with Gasteiger partial charge in [-0.15, -0.1) is 0 Å². The van der Waals surface area contributed by atoms with Crippen LogP contribution in [0.1, 0.15) is 48.7 Å². The summed E-state index contributed by atoms with van der Waals surface area (Å²) in [4.78, 5) is 13.2. The SMILES string of the molecule is CCC1CCCCN1S(=O)(=O)c1ccc(NC(=O)c2c(-c3ccccc3)noc2C)cc1. The Labute approximate surface area is 188 Å². The number of benzene rings is 2. The van der Waals surface area contributed by atoms with Crippen molar-refractivity contribution in [1.29, 1.82) is 0 Å². The molecule has 1 atom stereocenters. The predicted octanol–water partition coefficient (Wildman–Crippen LogP) is 4.86. The van der Waals surface area contributed by atoms with E-state index in [4.69, 9.17) is 4.52 Å². The molecule has 1 fully saturated rings. The Kier molecular flexibility index (Phi) is 6.43. The minimum Gasteiger partial charge on any atom is -0.360 e. The van der Waals surface area contributed by atoms with Gasteiger partial charge in [0.1, 0.15) is 17.0 Å². The summed E-state index contributed by atoms with van der Waals surface area (Å²) in [5.74, 6) is 0.0524. The Hall–Kier alpha value is -2.97. The Morgan fingerprint density at radius 3 is 2.53 bits per heavy atom. The van der Waals surface area contributed by atoms with Crippen molar-refractivity contribution < 1.29 is 17.7 Å². The summed E-state index contributed by atoms with van der Waals surface area (Å²) in [5, 5.41) is 6.87. The molecule has 0 spiro atoms. The summed E-state index contributed by atoms with van der Waals surface area (Å²) < 4.78 is 33.2. The van der Waals surface area contributed by atoms with Gasteiger partial charge in [-0.05, 0) is 50.5 Å². The van der Waals surface area contributed by atoms with Crippen molar-refractivity contribution in [2.24, 2.45) is 0 Å². The van der Waals surface area contributed by atoms with Crippen LogP contribution in [-0.4, -0.2) is 36.4 Å². The first kappa shape index (κ1) is 22.2. The summed E-state index contributed by atoms with van der Waals surface area (Å²) in [5.41, 5.74) is 2.10. The van der Waals surface area contributed by atoms with Crippen LogP contribution in [0.3, 0.4) is 0 Å². The zero-order valence-electron chi connectivity index (χ0n) is 18.2. The molecule has 0 bridgehead atoms. The van der Waals surface area contributed by atoms with Crippen molar-refractivity contribution in [3.63, 3.8) is 0 Å². The Morgan fingerprint density at radius 1 is 1.12 bits per heavy atom. The molecule has 8 heteroatoms. The van der Waals surface area contributed by atoms with Crippen molar-refractivity contribution >= 4 is 21.6 Å². The number of hydrogen-bond acceptors (Lipinski definition) is 5. The van der Waals surface area contributed by atoms with Gasteiger partial charge in [-0.3, -0.25) is 4.79 Å². The fraction of sp³-hybridized carbons (Fsp3) is 0.333. The zero-order chi connectivity index (χ0) is 22.7. The molecule has 1 aromatic heterocycles. The fourth-order valence-corrected chi connectivity index (χ4v) is 5.94. The molecule has 32 heavy (non-hydrogen) atoms. The molecular formula is C24H27N3O4S. The lowest BCUT2D eigenvalue weighted by Crippen LogP contribution is -2.43. The maximum Gasteiger partial charge on any atom is 0.261 e. The second-order valence-electron chi connectivity index (χ2n) is 7.98. The lowest BCUT2D eigenvalue weighted by atomic mass is 10.0. The number of rotatable bonds is 6. The lowest BCUT2D eigenvalue weighted by molar-refractivity contribution is 0.102. The molecule has 168 valence electrons. The molecule has 2 aromatic carbocycles. The first-order chi connectivity index (χ1) is 15.4. The largest absolute Gasteiger partial charge is 0.360 e. The van der Waals surface area contributed by atoms with E-state index in [1.54, 1.807) is 35.5 Å². The van der Waals surface area contributed by atoms with E-state index < -0.39 is 10.0 Å². The van der Waals surface area contributed by atoms with Crippen LogP contribution >= 0.6 is 0 Å². The van der Waals surface area contributed by atoms with E-state index in [2.05, 4.69) is 10.5 Å². The molecule has 2 heterocycles. The number of sulfonamides is 1. The zero-order valence-corrected chi connectivity index (χ0v) is 19.1. The fourth-order valence-electron chi connectivity index (χ4n) is 4.17. The van der Waals surface area contributed by atoms with Gasteiger partial charge in [0, 0.05) is 23.8 Å². The number of aryl methyl sites for hydroxylation is 1. The number of anilines is 1. The summed E-state index contributed by atoms with van der Waals surface area (Å²) >= 11 is 0. The molecule has 0 saturated carbocycles. The Morgan fingerprint density at radius 2 is 1.84 bits per heavy atom. The van der Waals surface area contributed by atoms with E-state index in [9.17, 15) is 13.2 Å². The number of amides is 1. The third-order valence-corrected chi connectivity index (χ3v) is 7.87. The number of nitrogens with one attached hydrogen (secondary N) is 1. The van der Waals surface area contributed by atoms with Crippen molar-refractivity contribution in [2.75, 3.05) is 11.9 Å². The highest BCUT2D eigenvalue weighted by Crippen LogP contribution is 2.29. The number of carbonyl (C=O) groups excluding carboxylic acids is 1. The van der Waals surface area contributed by atoms with Crippen LogP contribution in [0.4, 0.5) is 5.69 Å². The first-order valence-corrected chi connectivity index (χ1v) is 12.3. The average molecular weight is 454 g/mol. The van der Waals surface area contributed by atoms with Crippen LogP contribution < -0.4 is 5.32 Å². The summed E-state index contributed by atoms with van der Waals surface area (Å²) in [7, 11) is -3.57. The molecule has 0 radical (unpaired) electrons. The molecule has 3 aromatic rings. The van der Waals surface area contributed by atoms with E-state index in [0.29, 0.717) is 29.2 Å². The maximum atomic E-state index is 13.1. The minimum absolute atomic E-state index is 0.0427. The second-order valence-corrected chi connectivity index (χ2v) is 9.87. The molecule has 1 aliphatic rings. The van der Waals surface area contributed by atoms with E-state index in [0.717, 1.165) is 31.2 Å². The van der Waals surface area contributed by atoms with Gasteiger partial charge >= 0.3 is 0 Å². The molecule has 1 unspecified atom stereocenters. The van der Waals surface area contributed by atoms with Gasteiger partial charge < -0.3 is 9.84 Å². The quantitative estimate of drug-likeness (QED) is 0.576. The molecule has 7 nitrogen and oxygen atoms in total. The molecule has 4 rings (SSSR count). The van der Waals surface area contributed by atoms with Crippen LogP contribution in [0, 0.1) is 6.92 Å². The average Bonchev–Trinajstić information content (AvgIpc) is 3.21. The van der Waals surface area contributed by atoms with Crippen molar-refractivity contribution in [3.05, 3.63) is 65.9 Å². The summed E-state index contributed by atoms with van der Waals surface area (Å²) in [6.45, 7) is 4.26. The Bertz CT molecular complexity index is 1190. The van der Waals surface area contributed by atoms with Crippen molar-refractivity contribution in [1.82, 2.24) is 9.46 Å². The van der Waals surface area contributed by atoms with Gasteiger partial charge in [0.2, 0.25) is 10.0 Å². The summed E-state index contributed by atoms with van der Waals surface area (Å²) in [6.07, 6.45) is 3.63. The number of nitrogens with zero attached hydrogens (tertiary/aromatic N) is 2. The monoisotopic (exact) mass is 453 g/mol. The molecule has 0 aliphatic carbocycles. The normalized spacial score (nSPS) is 17.2. The van der Waals surface area contributed by atoms with Crippen LogP contribution in [0.25, 0.3) is 11.3 Å². The van der Waals surface area contributed by atoms with Gasteiger partial charge in [0.25, 0.3) is 5.91 Å². The number of hydrogen-bond donors (Lipinski definition) is 1. The van der Waals surface area contributed by atoms with E-state index >= 15 is 0 Å². The standard InChI is InChI=1S/C24H27N3O4S/c1-3-20-11-7-8-16-27(20)32(29,30)21-14-12-19(13-15-21)25-24(28)22-17(2)31-26-23(22)18-9-5-4-6-10-18/h4-6,9-10,12-15,20H,3,7-8,11,16H2,1-2H3,(H,25,28). The van der Waals surface area contributed by atoms with Gasteiger partial charge in [-0.25, -0.2) is 8.42 Å². The van der Waals surface area contributed by atoms with Crippen LogP contribution in [0.15, 0.2) is 64.0 Å². The number of carbonyl (C=O) groups is 1. The van der Waals surface area contributed by atoms with Gasteiger partial charge in [-0.1, -0.05) is 48.8 Å². The van der Waals surface area contributed by atoms with E-state index in [1.807, 2.05) is 37.3 Å². The summed E-state index contributed by atoms with van der Waals surface area (Å²) in [6, 6.07) is 15.7. The highest BCUT2D eigenvalue weighted by molar-refractivity contribution is 7.89. The van der Waals surface area contributed by atoms with Crippen molar-refractivity contribution in [3.8, 4) is 11.3 Å². The smallest absolute Gasteiger partial charge is 0.261 e. The van der Waals surface area contributed by atoms with Crippen LogP contribution in [0.5, 0.6) is 0 Å². The molecule has 1 saturated heterocycles. The molecular weight excluding hydrogens is 426 g/mol. The van der Waals surface area contributed by atoms with Gasteiger partial charge in [-0.2, -0.15) is 4.31 Å². The topological polar surface area (TPSA) is 92.5 Å². The van der Waals surface area contributed by atoms with Gasteiger partial charge in [0.15, 0.2) is 0 Å². The highest BCUT2D eigenvalue weighted by Gasteiger charge is 2.32. The lowest BCUT2D eigenvalue weighted by Gasteiger charge is -2.34. The molecule has 1 amide bonds.